The van der Waals surface area contributed by atoms with Gasteiger partial charge in [-0.05, 0) is 13.5 Å². The Morgan fingerprint density at radius 1 is 1.78 bits per heavy atom. The first-order valence-corrected chi connectivity index (χ1v) is 3.11. The molecule has 1 heterocycles. The molecule has 1 atom stereocenters. The van der Waals surface area contributed by atoms with Crippen LogP contribution in [0, 0.1) is 11.3 Å². The molecule has 1 aliphatic rings. The molecule has 1 rings (SSSR count). The van der Waals surface area contributed by atoms with Gasteiger partial charge in [0.25, 0.3) is 0 Å². The van der Waals surface area contributed by atoms with Gasteiger partial charge in [-0.25, -0.2) is 0 Å². The minimum atomic E-state index is 0.0127. The molecule has 2 heteroatoms. The number of rotatable bonds is 0. The van der Waals surface area contributed by atoms with Crippen LogP contribution in [0.1, 0.15) is 6.42 Å². The van der Waals surface area contributed by atoms with Crippen molar-refractivity contribution >= 4 is 0 Å². The molecule has 0 aromatic rings. The third-order valence-electron chi connectivity index (χ3n) is 1.57. The summed E-state index contributed by atoms with van der Waals surface area (Å²) in [5.74, 6) is 0. The van der Waals surface area contributed by atoms with E-state index < -0.39 is 0 Å². The fourth-order valence-electron chi connectivity index (χ4n) is 0.931. The van der Waals surface area contributed by atoms with Crippen LogP contribution in [0.4, 0.5) is 0 Å². The van der Waals surface area contributed by atoms with Crippen molar-refractivity contribution in [3.8, 4) is 6.07 Å². The summed E-state index contributed by atoms with van der Waals surface area (Å²) in [4.78, 5) is 2.04. The summed E-state index contributed by atoms with van der Waals surface area (Å²) < 4.78 is 0. The smallest absolute Gasteiger partial charge is 0.116 e. The van der Waals surface area contributed by atoms with Gasteiger partial charge >= 0.3 is 0 Å². The largest absolute Gasteiger partial charge is 0.288 e. The lowest BCUT2D eigenvalue weighted by Gasteiger charge is -2.21. The van der Waals surface area contributed by atoms with Crippen LogP contribution in [0.3, 0.4) is 0 Å². The van der Waals surface area contributed by atoms with Gasteiger partial charge in [0.2, 0.25) is 0 Å². The fraction of sp³-hybridized carbons (Fsp3) is 0.571. The third kappa shape index (κ3) is 1.30. The fourth-order valence-corrected chi connectivity index (χ4v) is 0.931. The average molecular weight is 122 g/mol. The molecule has 0 aromatic heterocycles. The lowest BCUT2D eigenvalue weighted by Crippen LogP contribution is -2.31. The summed E-state index contributed by atoms with van der Waals surface area (Å²) in [6.07, 6.45) is 5.09. The molecule has 2 nitrogen and oxygen atoms in total. The number of nitrogens with zero attached hydrogens (tertiary/aromatic N) is 2. The van der Waals surface area contributed by atoms with E-state index >= 15 is 0 Å². The quantitative estimate of drug-likeness (QED) is 0.444. The zero-order chi connectivity index (χ0) is 6.69. The van der Waals surface area contributed by atoms with E-state index in [1.165, 1.54) is 0 Å². The standard InChI is InChI=1S/C7H10N2/c1-9-5-3-2-4-7(9)6-8/h2,4,7H,3,5H2,1H3. The predicted octanol–water partition coefficient (Wildman–Crippen LogP) is 0.770. The maximum atomic E-state index is 8.52. The van der Waals surface area contributed by atoms with Crippen molar-refractivity contribution in [3.05, 3.63) is 12.2 Å². The Kier molecular flexibility index (Phi) is 1.86. The van der Waals surface area contributed by atoms with Gasteiger partial charge in [0, 0.05) is 6.54 Å². The zero-order valence-electron chi connectivity index (χ0n) is 5.54. The van der Waals surface area contributed by atoms with Gasteiger partial charge in [-0.15, -0.1) is 0 Å². The third-order valence-corrected chi connectivity index (χ3v) is 1.57. The van der Waals surface area contributed by atoms with Crippen molar-refractivity contribution in [2.24, 2.45) is 0 Å². The van der Waals surface area contributed by atoms with Gasteiger partial charge in [-0.1, -0.05) is 12.2 Å². The van der Waals surface area contributed by atoms with Gasteiger partial charge in [0.15, 0.2) is 0 Å². The zero-order valence-corrected chi connectivity index (χ0v) is 5.54. The van der Waals surface area contributed by atoms with E-state index in [2.05, 4.69) is 12.1 Å². The van der Waals surface area contributed by atoms with E-state index in [1.54, 1.807) is 0 Å². The molecule has 0 N–H and O–H groups in total. The van der Waals surface area contributed by atoms with Crippen LogP contribution >= 0.6 is 0 Å². The Balaban J connectivity index is 2.59. The molecule has 1 aliphatic heterocycles. The predicted molar refractivity (Wildman–Crippen MR) is 35.8 cm³/mol. The minimum absolute atomic E-state index is 0.0127. The summed E-state index contributed by atoms with van der Waals surface area (Å²) in [7, 11) is 1.97. The van der Waals surface area contributed by atoms with Gasteiger partial charge in [0.05, 0.1) is 6.07 Å². The Labute approximate surface area is 55.4 Å². The minimum Gasteiger partial charge on any atom is -0.288 e. The number of hydrogen-bond donors (Lipinski definition) is 0. The van der Waals surface area contributed by atoms with Crippen LogP contribution in [-0.4, -0.2) is 24.5 Å². The SMILES string of the molecule is CN1CCC=CC1C#N. The van der Waals surface area contributed by atoms with Crippen LogP contribution in [0.2, 0.25) is 0 Å². The normalized spacial score (nSPS) is 27.8. The van der Waals surface area contributed by atoms with E-state index in [1.807, 2.05) is 18.0 Å². The molecule has 0 saturated heterocycles. The maximum absolute atomic E-state index is 8.52. The number of nitriles is 1. The van der Waals surface area contributed by atoms with Crippen molar-refractivity contribution < 1.29 is 0 Å². The van der Waals surface area contributed by atoms with Crippen molar-refractivity contribution in [2.75, 3.05) is 13.6 Å². The highest BCUT2D eigenvalue weighted by Gasteiger charge is 2.11. The molecule has 0 aliphatic carbocycles. The second-order valence-electron chi connectivity index (χ2n) is 2.27. The molecular formula is C7H10N2. The second-order valence-corrected chi connectivity index (χ2v) is 2.27. The highest BCUT2D eigenvalue weighted by atomic mass is 15.1. The lowest BCUT2D eigenvalue weighted by atomic mass is 10.1. The van der Waals surface area contributed by atoms with Gasteiger partial charge in [-0.2, -0.15) is 5.26 Å². The van der Waals surface area contributed by atoms with Gasteiger partial charge < -0.3 is 0 Å². The summed E-state index contributed by atoms with van der Waals surface area (Å²) in [5, 5.41) is 8.52. The van der Waals surface area contributed by atoms with Crippen molar-refractivity contribution in [2.45, 2.75) is 12.5 Å². The highest BCUT2D eigenvalue weighted by Crippen LogP contribution is 2.04. The molecule has 0 aromatic carbocycles. The monoisotopic (exact) mass is 122 g/mol. The molecule has 0 amide bonds. The topological polar surface area (TPSA) is 27.0 Å². The summed E-state index contributed by atoms with van der Waals surface area (Å²) in [6, 6.07) is 2.21. The van der Waals surface area contributed by atoms with E-state index in [0.29, 0.717) is 0 Å². The van der Waals surface area contributed by atoms with E-state index in [4.69, 9.17) is 5.26 Å². The molecule has 0 saturated carbocycles. The summed E-state index contributed by atoms with van der Waals surface area (Å²) in [6.45, 7) is 1.01. The molecule has 9 heavy (non-hydrogen) atoms. The molecule has 0 radical (unpaired) electrons. The van der Waals surface area contributed by atoms with E-state index in [0.717, 1.165) is 13.0 Å². The van der Waals surface area contributed by atoms with Crippen LogP contribution in [-0.2, 0) is 0 Å². The average Bonchev–Trinajstić information content (AvgIpc) is 1.89. The van der Waals surface area contributed by atoms with Crippen LogP contribution in [0.25, 0.3) is 0 Å². The molecule has 0 fully saturated rings. The Hall–Kier alpha value is -0.810. The van der Waals surface area contributed by atoms with Crippen LogP contribution in [0.15, 0.2) is 12.2 Å². The number of likely N-dealkylation sites (N-methyl/N-ethyl adjacent to an activating group) is 1. The van der Waals surface area contributed by atoms with Crippen LogP contribution in [0.5, 0.6) is 0 Å². The summed E-state index contributed by atoms with van der Waals surface area (Å²) in [5.41, 5.74) is 0. The molecule has 0 bridgehead atoms. The Morgan fingerprint density at radius 3 is 3.00 bits per heavy atom. The first-order chi connectivity index (χ1) is 4.34. The van der Waals surface area contributed by atoms with Crippen LogP contribution < -0.4 is 0 Å². The van der Waals surface area contributed by atoms with E-state index in [-0.39, 0.29) is 6.04 Å². The number of hydrogen-bond acceptors (Lipinski definition) is 2. The molecule has 48 valence electrons. The first kappa shape index (κ1) is 6.31. The van der Waals surface area contributed by atoms with E-state index in [9.17, 15) is 0 Å². The molecule has 1 unspecified atom stereocenters. The van der Waals surface area contributed by atoms with Gasteiger partial charge in [-0.3, -0.25) is 4.90 Å². The van der Waals surface area contributed by atoms with Crippen molar-refractivity contribution in [3.63, 3.8) is 0 Å². The Morgan fingerprint density at radius 2 is 2.56 bits per heavy atom. The maximum Gasteiger partial charge on any atom is 0.116 e. The summed E-state index contributed by atoms with van der Waals surface area (Å²) >= 11 is 0. The first-order valence-electron chi connectivity index (χ1n) is 3.11. The molecule has 0 spiro atoms. The second kappa shape index (κ2) is 2.65. The lowest BCUT2D eigenvalue weighted by molar-refractivity contribution is 0.318. The molecular weight excluding hydrogens is 112 g/mol. The Bertz CT molecular complexity index is 155. The van der Waals surface area contributed by atoms with Crippen molar-refractivity contribution in [1.29, 1.82) is 5.26 Å². The highest BCUT2D eigenvalue weighted by molar-refractivity contribution is 5.09. The van der Waals surface area contributed by atoms with Gasteiger partial charge in [0.1, 0.15) is 6.04 Å². The van der Waals surface area contributed by atoms with Crippen molar-refractivity contribution in [1.82, 2.24) is 4.90 Å².